The summed E-state index contributed by atoms with van der Waals surface area (Å²) >= 11 is 0. The maximum absolute atomic E-state index is 10.9. The number of nitrogens with one attached hydrogen (secondary N) is 1. The molecule has 0 bridgehead atoms. The highest BCUT2D eigenvalue weighted by molar-refractivity contribution is 5.86. The highest BCUT2D eigenvalue weighted by atomic mass is 16.4. The van der Waals surface area contributed by atoms with Crippen molar-refractivity contribution in [1.82, 2.24) is 5.43 Å². The first-order valence-corrected chi connectivity index (χ1v) is 6.86. The lowest BCUT2D eigenvalue weighted by atomic mass is 10.1. The molecular formula is C16H19N3O2. The summed E-state index contributed by atoms with van der Waals surface area (Å²) < 4.78 is 0. The molecule has 0 spiro atoms. The van der Waals surface area contributed by atoms with Gasteiger partial charge < -0.3 is 16.3 Å². The third-order valence-corrected chi connectivity index (χ3v) is 3.36. The molecule has 6 N–H and O–H groups in total. The molecule has 0 atom stereocenters. The molecule has 0 radical (unpaired) electrons. The minimum atomic E-state index is -1.19. The van der Waals surface area contributed by atoms with Crippen molar-refractivity contribution in [2.75, 3.05) is 0 Å². The van der Waals surface area contributed by atoms with Crippen LogP contribution in [0.5, 0.6) is 0 Å². The average molecular weight is 285 g/mol. The minimum absolute atomic E-state index is 0.275. The van der Waals surface area contributed by atoms with Crippen molar-refractivity contribution in [1.29, 1.82) is 0 Å². The third kappa shape index (κ3) is 4.55. The first-order valence-electron chi connectivity index (χ1n) is 6.86. The Labute approximate surface area is 124 Å². The summed E-state index contributed by atoms with van der Waals surface area (Å²) in [6, 6.07) is 7.63. The van der Waals surface area contributed by atoms with Crippen LogP contribution in [0, 0.1) is 17.8 Å². The number of nitrogens with two attached hydrogens (primary N) is 2. The van der Waals surface area contributed by atoms with Crippen LogP contribution in [0.3, 0.4) is 0 Å². The van der Waals surface area contributed by atoms with E-state index in [2.05, 4.69) is 17.3 Å². The quantitative estimate of drug-likeness (QED) is 0.281. The molecule has 1 aromatic carbocycles. The van der Waals surface area contributed by atoms with Gasteiger partial charge >= 0.3 is 5.97 Å². The molecule has 2 rings (SSSR count). The molecule has 110 valence electrons. The maximum atomic E-state index is 10.9. The number of allylic oxidation sites excluding steroid dienone is 1. The van der Waals surface area contributed by atoms with Gasteiger partial charge in [0.15, 0.2) is 0 Å². The summed E-state index contributed by atoms with van der Waals surface area (Å²) in [7, 11) is 0. The third-order valence-electron chi connectivity index (χ3n) is 3.36. The van der Waals surface area contributed by atoms with Crippen LogP contribution in [0.4, 0.5) is 0 Å². The van der Waals surface area contributed by atoms with Crippen LogP contribution in [0.25, 0.3) is 0 Å². The number of aliphatic carboxylic acids is 1. The summed E-state index contributed by atoms with van der Waals surface area (Å²) in [6.07, 6.45) is 3.86. The Balaban J connectivity index is 2.10. The Morgan fingerprint density at radius 2 is 2.19 bits per heavy atom. The predicted molar refractivity (Wildman–Crippen MR) is 80.5 cm³/mol. The topological polar surface area (TPSA) is 101 Å². The molecule has 0 aromatic heterocycles. The molecule has 1 aliphatic rings. The van der Waals surface area contributed by atoms with Crippen LogP contribution in [0.1, 0.15) is 30.4 Å². The molecule has 5 nitrogen and oxygen atoms in total. The second-order valence-electron chi connectivity index (χ2n) is 5.17. The van der Waals surface area contributed by atoms with Gasteiger partial charge in [-0.2, -0.15) is 0 Å². The van der Waals surface area contributed by atoms with E-state index < -0.39 is 5.97 Å². The fourth-order valence-corrected chi connectivity index (χ4v) is 1.94. The summed E-state index contributed by atoms with van der Waals surface area (Å²) in [5, 5.41) is 8.89. The van der Waals surface area contributed by atoms with E-state index in [0.29, 0.717) is 6.42 Å². The van der Waals surface area contributed by atoms with Gasteiger partial charge in [-0.15, -0.1) is 0 Å². The van der Waals surface area contributed by atoms with Gasteiger partial charge in [0.1, 0.15) is 5.70 Å². The van der Waals surface area contributed by atoms with Gasteiger partial charge in [0.05, 0.1) is 5.70 Å². The first-order chi connectivity index (χ1) is 10.1. The van der Waals surface area contributed by atoms with Crippen molar-refractivity contribution < 1.29 is 9.90 Å². The molecule has 0 aliphatic heterocycles. The van der Waals surface area contributed by atoms with Gasteiger partial charge in [-0.25, -0.2) is 4.79 Å². The number of carboxylic acids is 1. The molecule has 1 saturated carbocycles. The summed E-state index contributed by atoms with van der Waals surface area (Å²) in [5.74, 6) is 11.2. The molecule has 5 heteroatoms. The van der Waals surface area contributed by atoms with E-state index in [9.17, 15) is 4.79 Å². The van der Waals surface area contributed by atoms with Crippen molar-refractivity contribution >= 4 is 5.97 Å². The summed E-state index contributed by atoms with van der Waals surface area (Å²) in [5.41, 5.74) is 9.67. The zero-order valence-electron chi connectivity index (χ0n) is 11.7. The Bertz CT molecular complexity index is 622. The molecule has 1 aliphatic carbocycles. The second kappa shape index (κ2) is 6.82. The molecular weight excluding hydrogens is 266 g/mol. The summed E-state index contributed by atoms with van der Waals surface area (Å²) in [6.45, 7) is 0. The van der Waals surface area contributed by atoms with Crippen molar-refractivity contribution in [2.45, 2.75) is 25.7 Å². The molecule has 0 unspecified atom stereocenters. The zero-order valence-corrected chi connectivity index (χ0v) is 11.7. The number of hydrazine groups is 1. The maximum Gasteiger partial charge on any atom is 0.353 e. The van der Waals surface area contributed by atoms with Gasteiger partial charge in [-0.3, -0.25) is 5.84 Å². The standard InChI is InChI=1S/C16H19N3O2/c17-15(16(20)21)14(19-18)10-13-6-2-5-12(9-13)4-1-3-11-7-8-11/h2,5-6,9,11,19H,3,7-8,10,17-18H2,(H,20,21)/b15-14-. The highest BCUT2D eigenvalue weighted by Crippen LogP contribution is 2.31. The van der Waals surface area contributed by atoms with E-state index in [-0.39, 0.29) is 11.4 Å². The second-order valence-corrected chi connectivity index (χ2v) is 5.17. The van der Waals surface area contributed by atoms with E-state index in [1.807, 2.05) is 24.3 Å². The predicted octanol–water partition coefficient (Wildman–Crippen LogP) is 1.10. The molecule has 1 fully saturated rings. The van der Waals surface area contributed by atoms with E-state index in [1.165, 1.54) is 12.8 Å². The lowest BCUT2D eigenvalue weighted by Crippen LogP contribution is -2.29. The van der Waals surface area contributed by atoms with Gasteiger partial charge in [0.25, 0.3) is 0 Å². The molecule has 0 saturated heterocycles. The monoisotopic (exact) mass is 285 g/mol. The lowest BCUT2D eigenvalue weighted by Gasteiger charge is -2.09. The molecule has 1 aromatic rings. The van der Waals surface area contributed by atoms with Crippen LogP contribution in [-0.4, -0.2) is 11.1 Å². The van der Waals surface area contributed by atoms with Crippen LogP contribution >= 0.6 is 0 Å². The molecule has 0 amide bonds. The van der Waals surface area contributed by atoms with Gasteiger partial charge in [0, 0.05) is 18.4 Å². The van der Waals surface area contributed by atoms with Gasteiger partial charge in [0.2, 0.25) is 0 Å². The smallest absolute Gasteiger partial charge is 0.353 e. The van der Waals surface area contributed by atoms with Crippen molar-refractivity contribution in [3.05, 3.63) is 46.8 Å². The van der Waals surface area contributed by atoms with Crippen molar-refractivity contribution in [2.24, 2.45) is 17.5 Å². The number of carboxylic acid groups (broad SMARTS) is 1. The fraction of sp³-hybridized carbons (Fsp3) is 0.312. The Morgan fingerprint density at radius 1 is 1.43 bits per heavy atom. The molecule has 0 heterocycles. The van der Waals surface area contributed by atoms with Crippen LogP contribution in [0.2, 0.25) is 0 Å². The number of carbonyl (C=O) groups is 1. The number of rotatable bonds is 5. The normalized spacial score (nSPS) is 14.7. The molecule has 21 heavy (non-hydrogen) atoms. The highest BCUT2D eigenvalue weighted by Gasteiger charge is 2.19. The fourth-order valence-electron chi connectivity index (χ4n) is 1.94. The SMILES string of the molecule is NN/C(Cc1cccc(C#CCC2CC2)c1)=C(\N)C(=O)O. The largest absolute Gasteiger partial charge is 0.477 e. The van der Waals surface area contributed by atoms with Crippen molar-refractivity contribution in [3.63, 3.8) is 0 Å². The van der Waals surface area contributed by atoms with Crippen LogP contribution < -0.4 is 17.0 Å². The van der Waals surface area contributed by atoms with E-state index in [4.69, 9.17) is 16.7 Å². The number of benzene rings is 1. The van der Waals surface area contributed by atoms with Crippen LogP contribution in [-0.2, 0) is 11.2 Å². The summed E-state index contributed by atoms with van der Waals surface area (Å²) in [4.78, 5) is 10.9. The Hall–Kier alpha value is -2.45. The number of hydrogen-bond donors (Lipinski definition) is 4. The van der Waals surface area contributed by atoms with Crippen molar-refractivity contribution in [3.8, 4) is 11.8 Å². The zero-order chi connectivity index (χ0) is 15.2. The van der Waals surface area contributed by atoms with E-state index >= 15 is 0 Å². The number of hydrogen-bond acceptors (Lipinski definition) is 4. The van der Waals surface area contributed by atoms with Crippen LogP contribution in [0.15, 0.2) is 35.7 Å². The van der Waals surface area contributed by atoms with E-state index in [0.717, 1.165) is 23.5 Å². The minimum Gasteiger partial charge on any atom is -0.477 e. The first kappa shape index (κ1) is 14.9. The van der Waals surface area contributed by atoms with Gasteiger partial charge in [-0.1, -0.05) is 24.0 Å². The lowest BCUT2D eigenvalue weighted by molar-refractivity contribution is -0.132. The van der Waals surface area contributed by atoms with E-state index in [1.54, 1.807) is 0 Å². The Kier molecular flexibility index (Phi) is 4.85. The van der Waals surface area contributed by atoms with Gasteiger partial charge in [-0.05, 0) is 36.5 Å². The Morgan fingerprint density at radius 3 is 2.81 bits per heavy atom. The average Bonchev–Trinajstić information content (AvgIpc) is 3.28.